The molecule has 1 atom stereocenters. The van der Waals surface area contributed by atoms with Crippen LogP contribution >= 0.6 is 12.4 Å². The van der Waals surface area contributed by atoms with E-state index in [1.54, 1.807) is 41.3 Å². The van der Waals surface area contributed by atoms with Gasteiger partial charge in [0.1, 0.15) is 11.6 Å². The number of anilines is 2. The molecular formula is C43H42ClFN4O6. The molecule has 284 valence electrons. The predicted molar refractivity (Wildman–Crippen MR) is 208 cm³/mol. The smallest absolute Gasteiger partial charge is 0.264 e. The third-order valence-corrected chi connectivity index (χ3v) is 11.1. The van der Waals surface area contributed by atoms with Crippen molar-refractivity contribution in [1.29, 1.82) is 0 Å². The molecule has 5 aromatic rings. The number of rotatable bonds is 7. The quantitative estimate of drug-likeness (QED) is 0.185. The van der Waals surface area contributed by atoms with Crippen LogP contribution in [0.1, 0.15) is 50.4 Å². The van der Waals surface area contributed by atoms with Gasteiger partial charge in [-0.15, -0.1) is 12.4 Å². The Morgan fingerprint density at radius 1 is 0.836 bits per heavy atom. The fourth-order valence-corrected chi connectivity index (χ4v) is 8.37. The fourth-order valence-electron chi connectivity index (χ4n) is 8.37. The summed E-state index contributed by atoms with van der Waals surface area (Å²) in [7, 11) is 0. The normalized spacial score (nSPS) is 17.5. The van der Waals surface area contributed by atoms with Gasteiger partial charge in [-0.25, -0.2) is 4.39 Å². The standard InChI is InChI=1S/C43H41FN4O6.ClH/c44-37-10-6-7-28-25-47(31(21-33(28)37)26-45-17-19-52-20-18-45)42(50)35-24-41-40(53-27-54-41)23-34(35)39-22-36(38-11-4-5-16-46(38)39)43(51)48(29-8-2-1-3-9-29)30-12-14-32(49)15-13-30;/h1-3,6-10,12-15,22-24,31,49H,4-5,11,16-21,25-27H2;1H/t31-;/m0./s1. The van der Waals surface area contributed by atoms with Gasteiger partial charge in [-0.2, -0.15) is 0 Å². The number of phenolic OH excluding ortho intramolecular Hbond substituents is 1. The number of carbonyl (C=O) groups is 2. The van der Waals surface area contributed by atoms with E-state index < -0.39 is 0 Å². The first-order chi connectivity index (χ1) is 26.4. The minimum Gasteiger partial charge on any atom is -0.508 e. The van der Waals surface area contributed by atoms with E-state index in [0.29, 0.717) is 84.3 Å². The van der Waals surface area contributed by atoms with Crippen LogP contribution in [0.15, 0.2) is 91.0 Å². The molecule has 0 saturated carbocycles. The second kappa shape index (κ2) is 15.4. The highest BCUT2D eigenvalue weighted by molar-refractivity contribution is 6.12. The van der Waals surface area contributed by atoms with Gasteiger partial charge < -0.3 is 28.8 Å². The van der Waals surface area contributed by atoms with E-state index in [2.05, 4.69) is 9.47 Å². The molecular weight excluding hydrogens is 723 g/mol. The number of ether oxygens (including phenoxy) is 3. The Morgan fingerprint density at radius 3 is 2.36 bits per heavy atom. The predicted octanol–water partition coefficient (Wildman–Crippen LogP) is 7.36. The van der Waals surface area contributed by atoms with E-state index in [9.17, 15) is 9.90 Å². The first-order valence-corrected chi connectivity index (χ1v) is 18.7. The van der Waals surface area contributed by atoms with E-state index in [-0.39, 0.29) is 55.2 Å². The number of fused-ring (bicyclic) bond motifs is 3. The number of hydrogen-bond acceptors (Lipinski definition) is 7. The summed E-state index contributed by atoms with van der Waals surface area (Å²) in [5.41, 5.74) is 6.06. The van der Waals surface area contributed by atoms with Crippen molar-refractivity contribution in [1.82, 2.24) is 14.4 Å². The van der Waals surface area contributed by atoms with Crippen LogP contribution in [-0.2, 0) is 30.7 Å². The van der Waals surface area contributed by atoms with Crippen LogP contribution in [0.2, 0.25) is 0 Å². The lowest BCUT2D eigenvalue weighted by atomic mass is 9.91. The minimum absolute atomic E-state index is 0. The van der Waals surface area contributed by atoms with E-state index in [4.69, 9.17) is 14.2 Å². The number of aromatic hydroxyl groups is 1. The first-order valence-electron chi connectivity index (χ1n) is 18.7. The molecule has 4 aliphatic heterocycles. The fraction of sp³-hybridized carbons (Fsp3) is 0.302. The number of aromatic nitrogens is 1. The SMILES string of the molecule is Cl.O=C(c1cc(-c2cc3c(cc2C(=O)N2Cc4cccc(F)c4C[C@H]2CN2CCOCC2)OCO3)n2c1CCCC2)N(c1ccccc1)c1ccc(O)cc1. The van der Waals surface area contributed by atoms with E-state index in [0.717, 1.165) is 42.9 Å². The number of hydrogen-bond donors (Lipinski definition) is 1. The zero-order valence-corrected chi connectivity index (χ0v) is 31.1. The Balaban J connectivity index is 0.00000427. The highest BCUT2D eigenvalue weighted by Crippen LogP contribution is 2.43. The van der Waals surface area contributed by atoms with Gasteiger partial charge in [-0.3, -0.25) is 19.4 Å². The van der Waals surface area contributed by atoms with Crippen LogP contribution in [0.5, 0.6) is 17.2 Å². The van der Waals surface area contributed by atoms with Crippen LogP contribution in [0.3, 0.4) is 0 Å². The average molecular weight is 765 g/mol. The number of phenols is 1. The van der Waals surface area contributed by atoms with Crippen LogP contribution in [0.4, 0.5) is 15.8 Å². The van der Waals surface area contributed by atoms with Crippen LogP contribution in [0, 0.1) is 5.82 Å². The largest absolute Gasteiger partial charge is 0.508 e. The maximum absolute atomic E-state index is 15.2. The second-order valence-corrected chi connectivity index (χ2v) is 14.3. The lowest BCUT2D eigenvalue weighted by Gasteiger charge is -2.40. The maximum Gasteiger partial charge on any atom is 0.264 e. The van der Waals surface area contributed by atoms with Crippen molar-refractivity contribution in [2.45, 2.75) is 44.8 Å². The number of amides is 2. The molecule has 0 unspecified atom stereocenters. The van der Waals surface area contributed by atoms with Crippen molar-refractivity contribution in [2.24, 2.45) is 0 Å². The van der Waals surface area contributed by atoms with Crippen molar-refractivity contribution in [3.8, 4) is 28.5 Å². The summed E-state index contributed by atoms with van der Waals surface area (Å²) in [6.07, 6.45) is 2.95. The number of nitrogens with zero attached hydrogens (tertiary/aromatic N) is 4. The van der Waals surface area contributed by atoms with Gasteiger partial charge in [0, 0.05) is 67.1 Å². The Kier molecular flexibility index (Phi) is 10.3. The van der Waals surface area contributed by atoms with Gasteiger partial charge in [0.2, 0.25) is 6.79 Å². The molecule has 9 rings (SSSR count). The number of para-hydroxylation sites is 1. The van der Waals surface area contributed by atoms with Crippen LogP contribution in [0.25, 0.3) is 11.3 Å². The molecule has 2 amide bonds. The van der Waals surface area contributed by atoms with E-state index >= 15 is 9.18 Å². The Labute approximate surface area is 325 Å². The van der Waals surface area contributed by atoms with E-state index in [1.165, 1.54) is 6.07 Å². The van der Waals surface area contributed by atoms with Gasteiger partial charge in [0.15, 0.2) is 11.5 Å². The highest BCUT2D eigenvalue weighted by atomic mass is 35.5. The number of morpholine rings is 1. The van der Waals surface area contributed by atoms with Gasteiger partial charge in [0.05, 0.1) is 24.3 Å². The van der Waals surface area contributed by atoms with Gasteiger partial charge in [-0.1, -0.05) is 30.3 Å². The molecule has 0 spiro atoms. The second-order valence-electron chi connectivity index (χ2n) is 14.3. The Hall–Kier alpha value is -5.36. The lowest BCUT2D eigenvalue weighted by molar-refractivity contribution is 0.0191. The van der Waals surface area contributed by atoms with Gasteiger partial charge in [0.25, 0.3) is 11.8 Å². The number of carbonyl (C=O) groups excluding carboxylic acids is 2. The Bertz CT molecular complexity index is 2220. The van der Waals surface area contributed by atoms with Crippen molar-refractivity contribution in [3.05, 3.63) is 125 Å². The van der Waals surface area contributed by atoms with Crippen molar-refractivity contribution >= 4 is 35.6 Å². The molecule has 10 nitrogen and oxygen atoms in total. The topological polar surface area (TPSA) is 96.7 Å². The summed E-state index contributed by atoms with van der Waals surface area (Å²) < 4.78 is 34.7. The molecule has 12 heteroatoms. The molecule has 55 heavy (non-hydrogen) atoms. The van der Waals surface area contributed by atoms with Crippen molar-refractivity contribution in [3.63, 3.8) is 0 Å². The summed E-state index contributed by atoms with van der Waals surface area (Å²) in [6, 6.07) is 26.4. The first kappa shape index (κ1) is 36.6. The molecule has 0 bridgehead atoms. The average Bonchev–Trinajstić information content (AvgIpc) is 3.83. The van der Waals surface area contributed by atoms with Crippen LogP contribution in [-0.4, -0.2) is 77.0 Å². The molecule has 0 aliphatic carbocycles. The summed E-state index contributed by atoms with van der Waals surface area (Å²) >= 11 is 0. The third kappa shape index (κ3) is 6.92. The molecule has 1 fully saturated rings. The molecule has 1 saturated heterocycles. The summed E-state index contributed by atoms with van der Waals surface area (Å²) in [5, 5.41) is 10.1. The minimum atomic E-state index is -0.276. The molecule has 4 aromatic carbocycles. The monoisotopic (exact) mass is 764 g/mol. The lowest BCUT2D eigenvalue weighted by Crippen LogP contribution is -2.52. The summed E-state index contributed by atoms with van der Waals surface area (Å²) in [4.78, 5) is 35.8. The number of halogens is 2. The highest BCUT2D eigenvalue weighted by Gasteiger charge is 2.37. The summed E-state index contributed by atoms with van der Waals surface area (Å²) in [5.74, 6) is 0.483. The van der Waals surface area contributed by atoms with Crippen molar-refractivity contribution in [2.75, 3.05) is 44.5 Å². The maximum atomic E-state index is 15.2. The Morgan fingerprint density at radius 2 is 1.58 bits per heavy atom. The van der Waals surface area contributed by atoms with E-state index in [1.807, 2.05) is 53.4 Å². The third-order valence-electron chi connectivity index (χ3n) is 11.1. The molecule has 1 aromatic heterocycles. The summed E-state index contributed by atoms with van der Waals surface area (Å²) in [6.45, 7) is 4.31. The molecule has 4 aliphatic rings. The van der Waals surface area contributed by atoms with Crippen LogP contribution < -0.4 is 14.4 Å². The van der Waals surface area contributed by atoms with Gasteiger partial charge in [-0.05, 0) is 97.5 Å². The molecule has 0 radical (unpaired) electrons. The van der Waals surface area contributed by atoms with Crippen molar-refractivity contribution < 1.29 is 33.3 Å². The number of benzene rings is 4. The molecule has 1 N–H and O–H groups in total. The zero-order valence-electron chi connectivity index (χ0n) is 30.3. The zero-order chi connectivity index (χ0) is 36.8. The van der Waals surface area contributed by atoms with Gasteiger partial charge >= 0.3 is 0 Å². The molecule has 5 heterocycles.